The number of carbonyl (C=O) groups is 1. The van der Waals surface area contributed by atoms with Gasteiger partial charge < -0.3 is 34.7 Å². The van der Waals surface area contributed by atoms with Gasteiger partial charge in [0.15, 0.2) is 17.1 Å². The number of carbonyl (C=O) groups excluding carboxylic acids is 1. The summed E-state index contributed by atoms with van der Waals surface area (Å²) in [5, 5.41) is 7.71. The number of hydrogen-bond acceptors (Lipinski definition) is 12. The van der Waals surface area contributed by atoms with Crippen molar-refractivity contribution in [1.29, 1.82) is 0 Å². The van der Waals surface area contributed by atoms with Crippen LogP contribution in [0.5, 0.6) is 17.2 Å². The molecule has 2 aromatic carbocycles. The molecule has 45 heavy (non-hydrogen) atoms. The average Bonchev–Trinajstić information content (AvgIpc) is 3.80. The first-order chi connectivity index (χ1) is 21.6. The zero-order valence-electron chi connectivity index (χ0n) is 25.0. The van der Waals surface area contributed by atoms with Gasteiger partial charge in [0, 0.05) is 18.7 Å². The molecule has 1 fully saturated rings. The zero-order valence-corrected chi connectivity index (χ0v) is 25.8. The van der Waals surface area contributed by atoms with Crippen LogP contribution in [0.15, 0.2) is 60.0 Å². The van der Waals surface area contributed by atoms with E-state index in [0.717, 1.165) is 9.65 Å². The molecule has 0 aliphatic carbocycles. The van der Waals surface area contributed by atoms with Gasteiger partial charge in [0.05, 0.1) is 49.7 Å². The highest BCUT2D eigenvalue weighted by molar-refractivity contribution is 7.90. The lowest BCUT2D eigenvalue weighted by atomic mass is 10.2. The molecule has 234 valence electrons. The fourth-order valence-corrected chi connectivity index (χ4v) is 6.47. The van der Waals surface area contributed by atoms with Crippen molar-refractivity contribution >= 4 is 44.5 Å². The van der Waals surface area contributed by atoms with Crippen molar-refractivity contribution in [2.45, 2.75) is 30.7 Å². The molecule has 5 aromatic rings. The molecule has 0 spiro atoms. The highest BCUT2D eigenvalue weighted by Crippen LogP contribution is 2.39. The Morgan fingerprint density at radius 1 is 1.04 bits per heavy atom. The summed E-state index contributed by atoms with van der Waals surface area (Å²) in [6.45, 7) is 2.33. The summed E-state index contributed by atoms with van der Waals surface area (Å²) in [4.78, 5) is 27.7. The van der Waals surface area contributed by atoms with Gasteiger partial charge in [-0.3, -0.25) is 4.79 Å². The van der Waals surface area contributed by atoms with E-state index in [1.165, 1.54) is 39.7 Å². The molecule has 0 radical (unpaired) electrons. The number of anilines is 3. The number of aromatic nitrogens is 6. The van der Waals surface area contributed by atoms with E-state index < -0.39 is 22.0 Å². The van der Waals surface area contributed by atoms with Crippen LogP contribution in [-0.4, -0.2) is 76.9 Å². The van der Waals surface area contributed by atoms with Crippen LogP contribution in [0.3, 0.4) is 0 Å². The molecule has 0 unspecified atom stereocenters. The summed E-state index contributed by atoms with van der Waals surface area (Å²) in [5.41, 5.74) is 7.30. The van der Waals surface area contributed by atoms with E-state index in [4.69, 9.17) is 24.9 Å². The Kier molecular flexibility index (Phi) is 7.66. The third-order valence-corrected chi connectivity index (χ3v) is 9.14. The highest BCUT2D eigenvalue weighted by Gasteiger charge is 2.33. The van der Waals surface area contributed by atoms with Crippen molar-refractivity contribution in [2.24, 2.45) is 5.73 Å². The molecule has 3 aromatic heterocycles. The third-order valence-electron chi connectivity index (χ3n) is 7.55. The van der Waals surface area contributed by atoms with E-state index >= 15 is 0 Å². The van der Waals surface area contributed by atoms with Gasteiger partial charge in [-0.15, -0.1) is 4.09 Å². The second-order valence-electron chi connectivity index (χ2n) is 10.3. The Morgan fingerprint density at radius 2 is 1.76 bits per heavy atom. The Morgan fingerprint density at radius 3 is 2.40 bits per heavy atom. The first-order valence-corrected chi connectivity index (χ1v) is 15.3. The second-order valence-corrected chi connectivity index (χ2v) is 12.1. The molecule has 1 atom stereocenters. The first kappa shape index (κ1) is 29.7. The Hall–Kier alpha value is -5.38. The molecule has 1 amide bonds. The molecular formula is C29H31N9O6S. The SMILES string of the molecule is COc1cc(-n2cnc(Nc3nc(N4CCC[C@H]4C(N)=O)nc4c3cnn4S(=O)(=O)c3ccc(C)cc3)c2)cc(OC)c1OC. The van der Waals surface area contributed by atoms with E-state index in [-0.39, 0.29) is 22.3 Å². The quantitative estimate of drug-likeness (QED) is 0.230. The van der Waals surface area contributed by atoms with Crippen molar-refractivity contribution in [3.8, 4) is 22.9 Å². The Balaban J connectivity index is 1.44. The average molecular weight is 634 g/mol. The smallest absolute Gasteiger partial charge is 0.284 e. The van der Waals surface area contributed by atoms with E-state index in [1.54, 1.807) is 46.3 Å². The van der Waals surface area contributed by atoms with Gasteiger partial charge in [-0.25, -0.2) is 4.98 Å². The lowest BCUT2D eigenvalue weighted by Gasteiger charge is -2.22. The molecule has 6 rings (SSSR count). The van der Waals surface area contributed by atoms with Gasteiger partial charge >= 0.3 is 0 Å². The van der Waals surface area contributed by atoms with Crippen LogP contribution in [-0.2, 0) is 14.8 Å². The van der Waals surface area contributed by atoms with Crippen LogP contribution in [0.25, 0.3) is 16.7 Å². The predicted octanol–water partition coefficient (Wildman–Crippen LogP) is 2.78. The van der Waals surface area contributed by atoms with Gasteiger partial charge in [0.2, 0.25) is 17.6 Å². The van der Waals surface area contributed by atoms with E-state index in [9.17, 15) is 13.2 Å². The number of hydrogen-bond donors (Lipinski definition) is 2. The van der Waals surface area contributed by atoms with Crippen molar-refractivity contribution in [3.63, 3.8) is 0 Å². The minimum Gasteiger partial charge on any atom is -0.493 e. The van der Waals surface area contributed by atoms with Crippen LogP contribution in [0.1, 0.15) is 18.4 Å². The molecule has 1 saturated heterocycles. The minimum absolute atomic E-state index is 0.0299. The van der Waals surface area contributed by atoms with Crippen molar-refractivity contribution in [2.75, 3.05) is 38.1 Å². The lowest BCUT2D eigenvalue weighted by Crippen LogP contribution is -2.41. The van der Waals surface area contributed by atoms with Gasteiger partial charge in [0.1, 0.15) is 24.0 Å². The fourth-order valence-electron chi connectivity index (χ4n) is 5.25. The number of rotatable bonds is 10. The Bertz CT molecular complexity index is 1980. The maximum Gasteiger partial charge on any atom is 0.284 e. The standard InChI is InChI=1S/C29H31N9O6S/c1-17-7-9-19(10-8-17)45(40,41)38-28-20(14-32-38)27(34-29(35-28)37-11-5-6-21(37)26(30)39)33-24-15-36(16-31-24)18-12-22(42-2)25(44-4)23(13-18)43-3/h7-10,12-16,21H,5-6,11H2,1-4H3,(H2,30,39)(H,33,34,35)/t21-/m0/s1. The lowest BCUT2D eigenvalue weighted by molar-refractivity contribution is -0.119. The van der Waals surface area contributed by atoms with Crippen molar-refractivity contribution in [3.05, 3.63) is 60.7 Å². The zero-order chi connectivity index (χ0) is 31.9. The normalized spacial score (nSPS) is 14.9. The molecule has 3 N–H and O–H groups in total. The van der Waals surface area contributed by atoms with Crippen molar-refractivity contribution < 1.29 is 27.4 Å². The van der Waals surface area contributed by atoms with Gasteiger partial charge in [-0.1, -0.05) is 17.7 Å². The van der Waals surface area contributed by atoms with Crippen LogP contribution in [0, 0.1) is 6.92 Å². The predicted molar refractivity (Wildman–Crippen MR) is 165 cm³/mol. The summed E-state index contributed by atoms with van der Waals surface area (Å²) in [6, 6.07) is 9.34. The van der Waals surface area contributed by atoms with E-state index in [2.05, 4.69) is 20.4 Å². The monoisotopic (exact) mass is 633 g/mol. The molecule has 0 bridgehead atoms. The van der Waals surface area contributed by atoms with Crippen LogP contribution in [0.2, 0.25) is 0 Å². The van der Waals surface area contributed by atoms with E-state index in [1.807, 2.05) is 6.92 Å². The molecule has 1 aliphatic heterocycles. The molecule has 1 aliphatic rings. The number of fused-ring (bicyclic) bond motifs is 1. The van der Waals surface area contributed by atoms with Gasteiger partial charge in [-0.2, -0.15) is 23.5 Å². The third kappa shape index (κ3) is 5.32. The number of methoxy groups -OCH3 is 3. The first-order valence-electron chi connectivity index (χ1n) is 13.9. The summed E-state index contributed by atoms with van der Waals surface area (Å²) >= 11 is 0. The number of imidazole rings is 1. The Labute approximate surface area is 258 Å². The molecule has 0 saturated carbocycles. The van der Waals surface area contributed by atoms with Crippen molar-refractivity contribution in [1.82, 2.24) is 28.7 Å². The number of nitrogens with zero attached hydrogens (tertiary/aromatic N) is 7. The van der Waals surface area contributed by atoms with E-state index in [0.29, 0.717) is 53.5 Å². The summed E-state index contributed by atoms with van der Waals surface area (Å²) in [7, 11) is 0.460. The number of ether oxygens (including phenoxy) is 3. The second kappa shape index (κ2) is 11.6. The number of benzene rings is 2. The molecular weight excluding hydrogens is 602 g/mol. The number of nitrogens with one attached hydrogen (secondary N) is 1. The highest BCUT2D eigenvalue weighted by atomic mass is 32.2. The number of nitrogens with two attached hydrogens (primary N) is 1. The fraction of sp³-hybridized carbons (Fsp3) is 0.276. The maximum absolute atomic E-state index is 13.7. The molecule has 16 heteroatoms. The van der Waals surface area contributed by atoms with Crippen LogP contribution in [0.4, 0.5) is 17.6 Å². The molecule has 4 heterocycles. The van der Waals surface area contributed by atoms with Gasteiger partial charge in [0.25, 0.3) is 10.0 Å². The topological polar surface area (TPSA) is 182 Å². The number of primary amides is 1. The van der Waals surface area contributed by atoms with Crippen LogP contribution >= 0.6 is 0 Å². The molecule has 15 nitrogen and oxygen atoms in total. The summed E-state index contributed by atoms with van der Waals surface area (Å²) in [5.74, 6) is 1.63. The summed E-state index contributed by atoms with van der Waals surface area (Å²) in [6.07, 6.45) is 5.89. The van der Waals surface area contributed by atoms with Crippen LogP contribution < -0.4 is 30.2 Å². The number of aryl methyl sites for hydroxylation is 1. The number of amides is 1. The van der Waals surface area contributed by atoms with Gasteiger partial charge in [-0.05, 0) is 31.9 Å². The maximum atomic E-state index is 13.7. The summed E-state index contributed by atoms with van der Waals surface area (Å²) < 4.78 is 46.4. The largest absolute Gasteiger partial charge is 0.493 e. The minimum atomic E-state index is -4.13.